The summed E-state index contributed by atoms with van der Waals surface area (Å²) < 4.78 is 25.9. The largest absolute Gasteiger partial charge is 0.394 e. The maximum atomic E-state index is 13.4. The van der Waals surface area contributed by atoms with E-state index < -0.39 is 67.8 Å². The SMILES string of the molecule is C/C=C/C=C/C1=[N+](CCC(=O)NC[C@H]2O[C@@H]3CCCO[C@H]4[C@H](O)[C@@H](O)C(O[C@H]2[C@H](O)[C@H]3O)O[C@@H]4CO)c2ccc3ccccc3c2C1(C)C. The Balaban J connectivity index is 1.20. The predicted octanol–water partition coefficient (Wildman–Crippen LogP) is 1.35. The average Bonchev–Trinajstić information content (AvgIpc) is 3.33. The second-order valence-electron chi connectivity index (χ2n) is 13.8. The number of fused-ring (bicyclic) bond motifs is 3. The van der Waals surface area contributed by atoms with Gasteiger partial charge in [-0.15, -0.1) is 0 Å². The summed E-state index contributed by atoms with van der Waals surface area (Å²) in [7, 11) is 0. The van der Waals surface area contributed by atoms with Crippen molar-refractivity contribution in [1.29, 1.82) is 0 Å². The molecule has 1 amide bonds. The van der Waals surface area contributed by atoms with Crippen LogP contribution in [0.4, 0.5) is 5.69 Å². The van der Waals surface area contributed by atoms with Crippen molar-refractivity contribution in [2.45, 2.75) is 107 Å². The normalized spacial score (nSPS) is 34.7. The minimum atomic E-state index is -1.57. The van der Waals surface area contributed by atoms with Crippen LogP contribution >= 0.6 is 0 Å². The Kier molecular flexibility index (Phi) is 11.0. The molecule has 0 saturated carbocycles. The first-order valence-electron chi connectivity index (χ1n) is 17.2. The number of carbonyl (C=O) groups is 1. The third kappa shape index (κ3) is 6.99. The van der Waals surface area contributed by atoms with E-state index in [-0.39, 0.29) is 30.9 Å². The number of carbonyl (C=O) groups excluding carboxylic acids is 1. The molecule has 6 fully saturated rings. The van der Waals surface area contributed by atoms with Gasteiger partial charge in [0.25, 0.3) is 0 Å². The number of nitrogens with zero attached hydrogens (tertiary/aromatic N) is 1. The van der Waals surface area contributed by atoms with E-state index in [4.69, 9.17) is 18.9 Å². The van der Waals surface area contributed by atoms with Crippen LogP contribution in [0.3, 0.4) is 0 Å². The molecule has 7 aliphatic heterocycles. The summed E-state index contributed by atoms with van der Waals surface area (Å²) in [5, 5.41) is 58.8. The van der Waals surface area contributed by atoms with Crippen LogP contribution in [0.1, 0.15) is 45.6 Å². The number of aliphatic hydroxyl groups is 5. The van der Waals surface area contributed by atoms with Crippen LogP contribution < -0.4 is 5.32 Å². The Morgan fingerprint density at radius 2 is 1.73 bits per heavy atom. The van der Waals surface area contributed by atoms with Crippen molar-refractivity contribution < 1.29 is 53.9 Å². The van der Waals surface area contributed by atoms with Crippen LogP contribution in [0, 0.1) is 0 Å². The quantitative estimate of drug-likeness (QED) is 0.177. The Bertz CT molecular complexity index is 1590. The number of ether oxygens (including phenoxy) is 4. The highest BCUT2D eigenvalue weighted by atomic mass is 16.7. The molecule has 266 valence electrons. The molecule has 7 heterocycles. The van der Waals surface area contributed by atoms with E-state index in [1.54, 1.807) is 0 Å². The topological polar surface area (TPSA) is 170 Å². The maximum absolute atomic E-state index is 13.4. The van der Waals surface area contributed by atoms with Gasteiger partial charge < -0.3 is 49.8 Å². The van der Waals surface area contributed by atoms with Crippen molar-refractivity contribution >= 4 is 28.1 Å². The van der Waals surface area contributed by atoms with Gasteiger partial charge in [-0.3, -0.25) is 4.79 Å². The van der Waals surface area contributed by atoms with E-state index in [2.05, 4.69) is 54.1 Å². The van der Waals surface area contributed by atoms with E-state index in [1.807, 2.05) is 37.3 Å². The van der Waals surface area contributed by atoms with Crippen molar-refractivity contribution in [3.8, 4) is 0 Å². The van der Waals surface area contributed by atoms with Gasteiger partial charge >= 0.3 is 0 Å². The highest BCUT2D eigenvalue weighted by Crippen LogP contribution is 2.44. The number of allylic oxidation sites excluding steroid dienone is 4. The van der Waals surface area contributed by atoms with Crippen LogP contribution in [0.25, 0.3) is 10.8 Å². The van der Waals surface area contributed by atoms with Crippen molar-refractivity contribution in [3.63, 3.8) is 0 Å². The number of nitrogens with one attached hydrogen (secondary N) is 1. The number of benzene rings is 2. The number of amides is 1. The highest BCUT2D eigenvalue weighted by molar-refractivity contribution is 6.07. The van der Waals surface area contributed by atoms with E-state index in [0.717, 1.165) is 16.8 Å². The molecule has 2 aromatic rings. The fourth-order valence-corrected chi connectivity index (χ4v) is 7.67. The minimum Gasteiger partial charge on any atom is -0.394 e. The molecular formula is C37H49N2O10+. The Hall–Kier alpha value is -3.04. The highest BCUT2D eigenvalue weighted by Gasteiger charge is 2.51. The lowest BCUT2D eigenvalue weighted by molar-refractivity contribution is -0.436. The predicted molar refractivity (Wildman–Crippen MR) is 181 cm³/mol. The first kappa shape index (κ1) is 35.8. The maximum Gasteiger partial charge on any atom is 0.226 e. The average molecular weight is 682 g/mol. The second-order valence-corrected chi connectivity index (χ2v) is 13.8. The molecule has 6 N–H and O–H groups in total. The summed E-state index contributed by atoms with van der Waals surface area (Å²) in [5.41, 5.74) is 3.02. The zero-order valence-electron chi connectivity index (χ0n) is 28.2. The van der Waals surface area contributed by atoms with Crippen molar-refractivity contribution in [2.24, 2.45) is 0 Å². The molecule has 12 heteroatoms. The van der Waals surface area contributed by atoms with Crippen molar-refractivity contribution in [2.75, 3.05) is 26.3 Å². The van der Waals surface area contributed by atoms with Gasteiger partial charge in [-0.05, 0) is 50.5 Å². The zero-order chi connectivity index (χ0) is 34.9. The molecule has 0 radical (unpaired) electrons. The molecule has 2 aromatic carbocycles. The van der Waals surface area contributed by atoms with Crippen molar-refractivity contribution in [1.82, 2.24) is 5.32 Å². The molecule has 6 saturated heterocycles. The molecule has 1 unspecified atom stereocenters. The monoisotopic (exact) mass is 681 g/mol. The summed E-state index contributed by atoms with van der Waals surface area (Å²) >= 11 is 0. The second kappa shape index (κ2) is 15.1. The van der Waals surface area contributed by atoms with Crippen LogP contribution in [-0.4, -0.2) is 129 Å². The summed E-state index contributed by atoms with van der Waals surface area (Å²) in [6, 6.07) is 12.5. The molecule has 4 bridgehead atoms. The van der Waals surface area contributed by atoms with E-state index in [1.165, 1.54) is 10.9 Å². The summed E-state index contributed by atoms with van der Waals surface area (Å²) in [6.07, 6.45) is -3.20. The lowest BCUT2D eigenvalue weighted by Gasteiger charge is -2.46. The standard InChI is InChI=1S/C37H48N2O10/c1-4-5-6-13-27-37(2,3)29-22-11-8-7-10-21(22)14-15-23(29)39(27)17-16-28(41)38-19-25-35-31(43)30(42)24(47-25)12-9-18-46-34-26(20-40)48-36(49-35)33(45)32(34)44/h4-8,10-11,13-15,24-26,30-36,40,42-45H,9,12,16-20H2,1-3H3/p+1/b5-4+,13-6+/t24-,25-,26-,30+,31-,32-,33-,34-,35-,36?/m1/s1. The summed E-state index contributed by atoms with van der Waals surface area (Å²) in [6.45, 7) is 6.35. The number of hydrogen-bond acceptors (Lipinski definition) is 10. The van der Waals surface area contributed by atoms with Gasteiger partial charge in [-0.25, -0.2) is 0 Å². The Labute approximate surface area is 286 Å². The van der Waals surface area contributed by atoms with E-state index in [9.17, 15) is 30.3 Å². The summed E-state index contributed by atoms with van der Waals surface area (Å²) in [4.78, 5) is 13.4. The fourth-order valence-electron chi connectivity index (χ4n) is 7.67. The summed E-state index contributed by atoms with van der Waals surface area (Å²) in [5.74, 6) is -0.248. The molecule has 10 atom stereocenters. The zero-order valence-corrected chi connectivity index (χ0v) is 28.2. The Morgan fingerprint density at radius 1 is 0.959 bits per heavy atom. The van der Waals surface area contributed by atoms with E-state index >= 15 is 0 Å². The van der Waals surface area contributed by atoms with Gasteiger partial charge in [-0.2, -0.15) is 4.58 Å². The Morgan fingerprint density at radius 3 is 2.51 bits per heavy atom. The van der Waals surface area contributed by atoms with Crippen LogP contribution in [0.2, 0.25) is 0 Å². The molecule has 9 rings (SSSR count). The van der Waals surface area contributed by atoms with Gasteiger partial charge in [0.15, 0.2) is 18.5 Å². The van der Waals surface area contributed by atoms with Gasteiger partial charge in [0.05, 0.1) is 24.5 Å². The van der Waals surface area contributed by atoms with Crippen LogP contribution in [0.5, 0.6) is 0 Å². The smallest absolute Gasteiger partial charge is 0.226 e. The first-order valence-corrected chi connectivity index (χ1v) is 17.2. The van der Waals surface area contributed by atoms with Crippen molar-refractivity contribution in [3.05, 3.63) is 66.3 Å². The van der Waals surface area contributed by atoms with Crippen LogP contribution in [0.15, 0.2) is 60.7 Å². The first-order chi connectivity index (χ1) is 23.6. The van der Waals surface area contributed by atoms with Crippen LogP contribution in [-0.2, 0) is 29.2 Å². The van der Waals surface area contributed by atoms with Gasteiger partial charge in [0.1, 0.15) is 48.8 Å². The number of hydrogen-bond donors (Lipinski definition) is 6. The van der Waals surface area contributed by atoms with Gasteiger partial charge in [0, 0.05) is 30.9 Å². The molecule has 0 aromatic heterocycles. The molecule has 7 aliphatic rings. The molecular weight excluding hydrogens is 632 g/mol. The number of rotatable bonds is 8. The third-order valence-corrected chi connectivity index (χ3v) is 10.2. The van der Waals surface area contributed by atoms with Gasteiger partial charge in [0.2, 0.25) is 11.6 Å². The molecule has 49 heavy (non-hydrogen) atoms. The van der Waals surface area contributed by atoms with E-state index in [0.29, 0.717) is 19.4 Å². The fraction of sp³-hybridized carbons (Fsp3) is 0.568. The molecule has 0 aliphatic carbocycles. The molecule has 12 nitrogen and oxygen atoms in total. The minimum absolute atomic E-state index is 0.0534. The molecule has 0 spiro atoms. The number of aliphatic hydroxyl groups excluding tert-OH is 5. The lowest BCUT2D eigenvalue weighted by Crippen LogP contribution is -2.65. The van der Waals surface area contributed by atoms with Gasteiger partial charge in [-0.1, -0.05) is 42.5 Å². The third-order valence-electron chi connectivity index (χ3n) is 10.2. The lowest BCUT2D eigenvalue weighted by atomic mass is 9.79.